The average Bonchev–Trinajstić information content (AvgIpc) is 0.708. The molecule has 0 atom stereocenters. The SMILES string of the molecule is CC(C)(C)c1cc2c3c(c1)N(c1c(-c4ccccc4)cc(-c4ccccc4)cc1-c1ccccc1)c1cc(-c4ccc5c(-c6ccccc6)c6ccccc6c(-c6ccccc6)c5c4)ccc1B3c1cc(-c3cccc4sc5ccccc5c34)ccc1N2c1c(-c2ccccc2)cc(-c2ccccc2)cc1-c1ccccc1. The number of hydrogen-bond acceptors (Lipinski definition) is 3. The molecule has 112 heavy (non-hydrogen) atoms. The number of nitrogens with zero attached hydrogens (tertiary/aromatic N) is 2. The molecule has 21 rings (SSSR count). The quantitative estimate of drug-likeness (QED) is 0.0888. The third kappa shape index (κ3) is 11.2. The zero-order valence-electron chi connectivity index (χ0n) is 62.5. The van der Waals surface area contributed by atoms with E-state index in [4.69, 9.17) is 0 Å². The Labute approximate surface area is 658 Å². The van der Waals surface area contributed by atoms with Gasteiger partial charge in [0.15, 0.2) is 0 Å². The van der Waals surface area contributed by atoms with Gasteiger partial charge in [-0.3, -0.25) is 0 Å². The van der Waals surface area contributed by atoms with Crippen molar-refractivity contribution in [2.75, 3.05) is 9.80 Å². The molecule has 0 unspecified atom stereocenters. The summed E-state index contributed by atoms with van der Waals surface area (Å²) in [6, 6.07) is 151. The molecule has 3 heterocycles. The lowest BCUT2D eigenvalue weighted by Gasteiger charge is -2.46. The van der Waals surface area contributed by atoms with Gasteiger partial charge in [-0.2, -0.15) is 0 Å². The van der Waals surface area contributed by atoms with Crippen molar-refractivity contribution in [3.05, 3.63) is 406 Å². The molecular formula is C108H75BN2S. The lowest BCUT2D eigenvalue weighted by molar-refractivity contribution is 0.590. The lowest BCUT2D eigenvalue weighted by Crippen LogP contribution is -2.61. The second kappa shape index (κ2) is 27.2. The first kappa shape index (κ1) is 66.6. The predicted molar refractivity (Wildman–Crippen MR) is 481 cm³/mol. The number of benzene rings is 18. The molecule has 0 amide bonds. The first-order chi connectivity index (χ1) is 55.2. The Bertz CT molecular complexity index is 6750. The maximum absolute atomic E-state index is 2.74. The molecule has 0 saturated heterocycles. The number of fused-ring (bicyclic) bond motifs is 9. The number of anilines is 6. The molecule has 0 bridgehead atoms. The van der Waals surface area contributed by atoms with Crippen molar-refractivity contribution in [3.8, 4) is 111 Å². The molecular weight excluding hydrogens is 1370 g/mol. The van der Waals surface area contributed by atoms with Crippen LogP contribution in [0, 0.1) is 0 Å². The van der Waals surface area contributed by atoms with Crippen LogP contribution in [0.2, 0.25) is 0 Å². The molecule has 0 radical (unpaired) electrons. The summed E-state index contributed by atoms with van der Waals surface area (Å²) in [5.74, 6) is 0. The lowest BCUT2D eigenvalue weighted by atomic mass is 9.33. The molecule has 0 aliphatic carbocycles. The van der Waals surface area contributed by atoms with E-state index in [0.29, 0.717) is 0 Å². The van der Waals surface area contributed by atoms with Gasteiger partial charge in [-0.05, 0) is 205 Å². The Hall–Kier alpha value is -13.6. The Morgan fingerprint density at radius 1 is 0.232 bits per heavy atom. The summed E-state index contributed by atoms with van der Waals surface area (Å²) in [5, 5.41) is 7.45. The molecule has 0 N–H and O–H groups in total. The molecule has 0 fully saturated rings. The van der Waals surface area contributed by atoms with Gasteiger partial charge in [0.2, 0.25) is 0 Å². The van der Waals surface area contributed by atoms with Gasteiger partial charge in [-0.15, -0.1) is 11.3 Å². The Morgan fingerprint density at radius 2 is 0.616 bits per heavy atom. The van der Waals surface area contributed by atoms with E-state index < -0.39 is 0 Å². The fourth-order valence-corrected chi connectivity index (χ4v) is 19.3. The van der Waals surface area contributed by atoms with E-state index in [0.717, 1.165) is 112 Å². The van der Waals surface area contributed by atoms with Crippen molar-refractivity contribution in [2.24, 2.45) is 0 Å². The van der Waals surface area contributed by atoms with Crippen molar-refractivity contribution in [2.45, 2.75) is 26.2 Å². The molecule has 2 aliphatic rings. The summed E-state index contributed by atoms with van der Waals surface area (Å²) < 4.78 is 2.57. The van der Waals surface area contributed by atoms with Crippen molar-refractivity contribution >= 4 is 110 Å². The molecule has 0 saturated carbocycles. The van der Waals surface area contributed by atoms with Crippen LogP contribution in [0.5, 0.6) is 0 Å². The smallest absolute Gasteiger partial charge is 0.252 e. The molecule has 1 aromatic heterocycles. The molecule has 0 spiro atoms. The molecule has 4 heteroatoms. The van der Waals surface area contributed by atoms with Gasteiger partial charge in [-0.25, -0.2) is 0 Å². The van der Waals surface area contributed by atoms with Gasteiger partial charge < -0.3 is 9.80 Å². The van der Waals surface area contributed by atoms with E-state index in [-0.39, 0.29) is 12.1 Å². The van der Waals surface area contributed by atoms with Gasteiger partial charge in [-0.1, -0.05) is 354 Å². The minimum Gasteiger partial charge on any atom is -0.310 e. The Morgan fingerprint density at radius 3 is 1.10 bits per heavy atom. The van der Waals surface area contributed by atoms with E-state index in [1.807, 2.05) is 11.3 Å². The third-order valence-electron chi connectivity index (χ3n) is 23.4. The Kier molecular flexibility index (Phi) is 16.2. The molecule has 2 aliphatic heterocycles. The van der Waals surface area contributed by atoms with Gasteiger partial charge in [0.25, 0.3) is 6.71 Å². The largest absolute Gasteiger partial charge is 0.310 e. The van der Waals surface area contributed by atoms with Crippen LogP contribution in [0.25, 0.3) is 153 Å². The molecule has 2 nitrogen and oxygen atoms in total. The highest BCUT2D eigenvalue weighted by molar-refractivity contribution is 7.26. The summed E-state index contributed by atoms with van der Waals surface area (Å²) in [7, 11) is 0. The summed E-state index contributed by atoms with van der Waals surface area (Å²) >= 11 is 1.88. The fraction of sp³-hybridized carbons (Fsp3) is 0.0370. The number of rotatable bonds is 12. The molecule has 19 aromatic rings. The van der Waals surface area contributed by atoms with Gasteiger partial charge >= 0.3 is 0 Å². The van der Waals surface area contributed by atoms with Gasteiger partial charge in [0.1, 0.15) is 0 Å². The van der Waals surface area contributed by atoms with Crippen molar-refractivity contribution in [1.82, 2.24) is 0 Å². The maximum Gasteiger partial charge on any atom is 0.252 e. The normalized spacial score (nSPS) is 12.4. The summed E-state index contributed by atoms with van der Waals surface area (Å²) in [6.45, 7) is 6.91. The first-order valence-electron chi connectivity index (χ1n) is 39.0. The van der Waals surface area contributed by atoms with E-state index in [2.05, 4.69) is 431 Å². The first-order valence-corrected chi connectivity index (χ1v) is 39.8. The monoisotopic (exact) mass is 1440 g/mol. The summed E-state index contributed by atoms with van der Waals surface area (Å²) in [5.41, 5.74) is 34.5. The van der Waals surface area contributed by atoms with Crippen molar-refractivity contribution in [1.29, 1.82) is 0 Å². The van der Waals surface area contributed by atoms with Crippen LogP contribution in [0.15, 0.2) is 400 Å². The van der Waals surface area contributed by atoms with E-state index in [9.17, 15) is 0 Å². The fourth-order valence-electron chi connectivity index (χ4n) is 18.2. The van der Waals surface area contributed by atoms with E-state index >= 15 is 0 Å². The van der Waals surface area contributed by atoms with Crippen LogP contribution < -0.4 is 26.2 Å². The second-order valence-electron chi connectivity index (χ2n) is 30.9. The highest BCUT2D eigenvalue weighted by Crippen LogP contribution is 2.57. The number of thiophene rings is 1. The highest BCUT2D eigenvalue weighted by atomic mass is 32.1. The van der Waals surface area contributed by atoms with Crippen LogP contribution in [0.4, 0.5) is 34.1 Å². The zero-order chi connectivity index (χ0) is 74.5. The molecule has 18 aromatic carbocycles. The van der Waals surface area contributed by atoms with Crippen molar-refractivity contribution in [3.63, 3.8) is 0 Å². The van der Waals surface area contributed by atoms with Gasteiger partial charge in [0.05, 0.1) is 11.4 Å². The minimum atomic E-state index is -0.347. The van der Waals surface area contributed by atoms with Crippen LogP contribution in [-0.4, -0.2) is 6.71 Å². The Balaban J connectivity index is 0.924. The topological polar surface area (TPSA) is 6.48 Å². The summed E-state index contributed by atoms with van der Waals surface area (Å²) in [6.07, 6.45) is 0. The maximum atomic E-state index is 2.74. The highest BCUT2D eigenvalue weighted by Gasteiger charge is 2.46. The zero-order valence-corrected chi connectivity index (χ0v) is 63.3. The summed E-state index contributed by atoms with van der Waals surface area (Å²) in [4.78, 5) is 5.45. The van der Waals surface area contributed by atoms with Crippen LogP contribution >= 0.6 is 11.3 Å². The van der Waals surface area contributed by atoms with E-state index in [1.54, 1.807) is 0 Å². The van der Waals surface area contributed by atoms with Crippen molar-refractivity contribution < 1.29 is 0 Å². The minimum absolute atomic E-state index is 0.280. The van der Waals surface area contributed by atoms with Crippen LogP contribution in [0.3, 0.4) is 0 Å². The standard InChI is InChI=1S/C108H75BN2S/c1-108(2,3)83-68-98-105-99(69-83)111(107-91(74-41-20-8-21-42-74)64-82(71-35-14-5-15-36-71)65-92(107)75-43-22-9-23-44-75)97-67-79(78-55-58-87-93(61-78)103(77-47-26-11-27-48-77)86-50-29-28-49-85(86)102(87)76-45-24-10-25-46-76)56-59-94(97)109(105)95-66-80(84-52-32-54-101-104(84)88-51-30-31-53-100(88)112-101)57-60-96(95)110(98)106-89(72-37-16-6-17-38-72)62-81(70-33-12-4-13-34-70)63-90(106)73-39-18-7-19-40-73/h4-69H,1-3H3. The molecule has 526 valence electrons. The second-order valence-corrected chi connectivity index (χ2v) is 32.0. The van der Waals surface area contributed by atoms with E-state index in [1.165, 1.54) is 97.0 Å². The predicted octanol–water partition coefficient (Wildman–Crippen LogP) is 28.4. The van der Waals surface area contributed by atoms with Gasteiger partial charge in [0, 0.05) is 65.2 Å². The van der Waals surface area contributed by atoms with Crippen LogP contribution in [-0.2, 0) is 5.41 Å². The number of hydrogen-bond donors (Lipinski definition) is 0. The van der Waals surface area contributed by atoms with Crippen LogP contribution in [0.1, 0.15) is 26.3 Å². The average molecular weight is 1440 g/mol. The third-order valence-corrected chi connectivity index (χ3v) is 24.5.